The second kappa shape index (κ2) is 6.80. The summed E-state index contributed by atoms with van der Waals surface area (Å²) in [5.41, 5.74) is 10.3. The number of hydrogen-bond acceptors (Lipinski definition) is 4. The molecule has 0 amide bonds. The van der Waals surface area contributed by atoms with Crippen molar-refractivity contribution in [2.24, 2.45) is 5.73 Å². The Morgan fingerprint density at radius 1 is 1.11 bits per heavy atom. The van der Waals surface area contributed by atoms with Gasteiger partial charge in [0.2, 0.25) is 0 Å². The summed E-state index contributed by atoms with van der Waals surface area (Å²) in [7, 11) is 0. The Kier molecular flexibility index (Phi) is 4.18. The first-order valence-corrected chi connectivity index (χ1v) is 8.46. The third-order valence-corrected chi connectivity index (χ3v) is 4.44. The lowest BCUT2D eigenvalue weighted by Crippen LogP contribution is -2.24. The van der Waals surface area contributed by atoms with Crippen molar-refractivity contribution in [2.75, 3.05) is 0 Å². The summed E-state index contributed by atoms with van der Waals surface area (Å²) in [5, 5.41) is 12.2. The number of allylic oxidation sites excluding steroid dienone is 1. The second-order valence-corrected chi connectivity index (χ2v) is 6.20. The molecule has 3 heterocycles. The average Bonchev–Trinajstić information content (AvgIpc) is 3.06. The van der Waals surface area contributed by atoms with Crippen molar-refractivity contribution < 1.29 is 5.11 Å². The molecule has 0 unspecified atom stereocenters. The maximum atomic E-state index is 9.50. The van der Waals surface area contributed by atoms with Crippen LogP contribution in [0, 0.1) is 0 Å². The molecule has 0 aliphatic carbocycles. The van der Waals surface area contributed by atoms with E-state index in [2.05, 4.69) is 27.6 Å². The molecule has 0 spiro atoms. The largest absolute Gasteiger partial charge is 0.508 e. The van der Waals surface area contributed by atoms with Gasteiger partial charge in [-0.05, 0) is 47.0 Å². The molecular weight excluding hydrogens is 336 g/mol. The molecule has 0 aliphatic rings. The number of benzene rings is 1. The van der Waals surface area contributed by atoms with Crippen molar-refractivity contribution >= 4 is 28.9 Å². The number of aromatic nitrogens is 3. The third-order valence-electron chi connectivity index (χ3n) is 4.44. The smallest absolute Gasteiger partial charge is 0.138 e. The van der Waals surface area contributed by atoms with E-state index in [1.54, 1.807) is 30.7 Å². The minimum absolute atomic E-state index is 0.233. The normalized spacial score (nSPS) is 12.6. The molecule has 4 aromatic rings. The minimum atomic E-state index is 0.233. The number of aromatic hydroxyl groups is 1. The predicted octanol–water partition coefficient (Wildman–Crippen LogP) is 2.52. The number of hydrogen-bond donors (Lipinski definition) is 3. The van der Waals surface area contributed by atoms with Crippen molar-refractivity contribution in [1.82, 2.24) is 15.0 Å². The summed E-state index contributed by atoms with van der Waals surface area (Å²) in [4.78, 5) is 11.9. The second-order valence-electron chi connectivity index (χ2n) is 6.20. The van der Waals surface area contributed by atoms with E-state index in [0.29, 0.717) is 0 Å². The Morgan fingerprint density at radius 2 is 1.93 bits per heavy atom. The predicted molar refractivity (Wildman–Crippen MR) is 109 cm³/mol. The molecule has 132 valence electrons. The van der Waals surface area contributed by atoms with Crippen LogP contribution in [0.4, 0.5) is 0 Å². The van der Waals surface area contributed by atoms with Crippen LogP contribution >= 0.6 is 0 Å². The molecule has 1 aromatic carbocycles. The van der Waals surface area contributed by atoms with Gasteiger partial charge >= 0.3 is 0 Å². The summed E-state index contributed by atoms with van der Waals surface area (Å²) in [6, 6.07) is 12.9. The van der Waals surface area contributed by atoms with E-state index in [0.717, 1.165) is 43.9 Å². The lowest BCUT2D eigenvalue weighted by Gasteiger charge is -2.02. The van der Waals surface area contributed by atoms with Crippen molar-refractivity contribution in [3.8, 4) is 16.9 Å². The van der Waals surface area contributed by atoms with Gasteiger partial charge in [-0.2, -0.15) is 0 Å². The van der Waals surface area contributed by atoms with Crippen molar-refractivity contribution in [2.45, 2.75) is 0 Å². The number of pyridine rings is 2. The topological polar surface area (TPSA) is 87.8 Å². The molecular formula is C22H18N4O. The van der Waals surface area contributed by atoms with Gasteiger partial charge in [-0.1, -0.05) is 24.8 Å². The number of H-pyrrole nitrogens is 1. The van der Waals surface area contributed by atoms with Crippen LogP contribution in [0.1, 0.15) is 5.56 Å². The van der Waals surface area contributed by atoms with Crippen LogP contribution in [0.25, 0.3) is 40.0 Å². The number of nitrogens with one attached hydrogen (secondary N) is 1. The van der Waals surface area contributed by atoms with Crippen LogP contribution in [-0.2, 0) is 0 Å². The van der Waals surface area contributed by atoms with Crippen LogP contribution in [0.5, 0.6) is 5.75 Å². The SMILES string of the molecule is C=C(/C=c1\c(=C/N)[nH]c2ncc(-c3ccc(O)cc3)cc12)c1cccnc1. The molecule has 0 bridgehead atoms. The van der Waals surface area contributed by atoms with E-state index in [-0.39, 0.29) is 5.75 Å². The van der Waals surface area contributed by atoms with Crippen molar-refractivity contribution in [3.05, 3.63) is 83.8 Å². The first-order chi connectivity index (χ1) is 13.2. The van der Waals surface area contributed by atoms with Gasteiger partial charge in [-0.25, -0.2) is 4.98 Å². The zero-order valence-electron chi connectivity index (χ0n) is 14.6. The molecule has 0 saturated heterocycles. The standard InChI is InChI=1S/C22H18N4O/c1-14(16-3-2-8-24-12-16)9-19-20-10-17(15-4-6-18(27)7-5-15)13-25-22(20)26-21(19)11-23/h2-13,27H,1,23H2,(H,25,26)/b19-9-,21-11+. The molecule has 4 rings (SSSR count). The minimum Gasteiger partial charge on any atom is -0.508 e. The fourth-order valence-electron chi connectivity index (χ4n) is 3.02. The van der Waals surface area contributed by atoms with Gasteiger partial charge < -0.3 is 15.8 Å². The molecule has 0 fully saturated rings. The molecule has 0 saturated carbocycles. The maximum absolute atomic E-state index is 9.50. The summed E-state index contributed by atoms with van der Waals surface area (Å²) < 4.78 is 0. The highest BCUT2D eigenvalue weighted by Gasteiger charge is 2.06. The summed E-state index contributed by atoms with van der Waals surface area (Å²) >= 11 is 0. The van der Waals surface area contributed by atoms with E-state index in [1.165, 1.54) is 6.20 Å². The Hall–Kier alpha value is -3.86. The summed E-state index contributed by atoms with van der Waals surface area (Å²) in [6.45, 7) is 4.16. The number of aromatic amines is 1. The molecule has 0 atom stereocenters. The third kappa shape index (κ3) is 3.18. The lowest BCUT2D eigenvalue weighted by molar-refractivity contribution is 0.475. The first kappa shape index (κ1) is 16.6. The van der Waals surface area contributed by atoms with E-state index in [1.807, 2.05) is 30.3 Å². The number of rotatable bonds is 3. The average molecular weight is 354 g/mol. The monoisotopic (exact) mass is 354 g/mol. The zero-order valence-corrected chi connectivity index (χ0v) is 14.6. The number of nitrogens with two attached hydrogens (primary N) is 1. The van der Waals surface area contributed by atoms with Gasteiger partial charge in [0.15, 0.2) is 0 Å². The van der Waals surface area contributed by atoms with Gasteiger partial charge in [0.1, 0.15) is 11.4 Å². The Morgan fingerprint density at radius 3 is 2.63 bits per heavy atom. The molecule has 5 nitrogen and oxygen atoms in total. The van der Waals surface area contributed by atoms with Gasteiger partial charge in [0, 0.05) is 41.0 Å². The maximum Gasteiger partial charge on any atom is 0.138 e. The summed E-state index contributed by atoms with van der Waals surface area (Å²) in [5.74, 6) is 0.233. The van der Waals surface area contributed by atoms with Crippen LogP contribution in [0.3, 0.4) is 0 Å². The highest BCUT2D eigenvalue weighted by atomic mass is 16.3. The van der Waals surface area contributed by atoms with E-state index >= 15 is 0 Å². The highest BCUT2D eigenvalue weighted by Crippen LogP contribution is 2.23. The fraction of sp³-hybridized carbons (Fsp3) is 0. The van der Waals surface area contributed by atoms with Crippen LogP contribution in [-0.4, -0.2) is 20.1 Å². The van der Waals surface area contributed by atoms with Crippen molar-refractivity contribution in [3.63, 3.8) is 0 Å². The molecule has 4 N–H and O–H groups in total. The quantitative estimate of drug-likeness (QED) is 0.527. The van der Waals surface area contributed by atoms with E-state index in [4.69, 9.17) is 5.73 Å². The fourth-order valence-corrected chi connectivity index (χ4v) is 3.02. The van der Waals surface area contributed by atoms with E-state index in [9.17, 15) is 5.11 Å². The highest BCUT2D eigenvalue weighted by molar-refractivity contribution is 5.92. The van der Waals surface area contributed by atoms with E-state index < -0.39 is 0 Å². The van der Waals surface area contributed by atoms with Gasteiger partial charge in [-0.15, -0.1) is 0 Å². The molecule has 0 aliphatic heterocycles. The van der Waals surface area contributed by atoms with Gasteiger partial charge in [-0.3, -0.25) is 4.98 Å². The van der Waals surface area contributed by atoms with Gasteiger partial charge in [0.25, 0.3) is 0 Å². The van der Waals surface area contributed by atoms with Crippen LogP contribution < -0.4 is 16.3 Å². The Bertz CT molecular complexity index is 1240. The number of nitrogens with zero attached hydrogens (tertiary/aromatic N) is 2. The number of phenols is 1. The lowest BCUT2D eigenvalue weighted by atomic mass is 10.0. The zero-order chi connectivity index (χ0) is 18.8. The van der Waals surface area contributed by atoms with Crippen LogP contribution in [0.2, 0.25) is 0 Å². The first-order valence-electron chi connectivity index (χ1n) is 8.46. The molecule has 27 heavy (non-hydrogen) atoms. The molecule has 0 radical (unpaired) electrons. The Balaban J connectivity index is 1.91. The van der Waals surface area contributed by atoms with Crippen molar-refractivity contribution in [1.29, 1.82) is 0 Å². The number of fused-ring (bicyclic) bond motifs is 1. The molecule has 3 aromatic heterocycles. The number of phenolic OH excluding ortho intramolecular Hbond substituents is 1. The summed E-state index contributed by atoms with van der Waals surface area (Å²) in [6.07, 6.45) is 8.82. The Labute approximate surface area is 155 Å². The van der Waals surface area contributed by atoms with Gasteiger partial charge in [0.05, 0.1) is 5.35 Å². The molecule has 5 heteroatoms. The van der Waals surface area contributed by atoms with Crippen LogP contribution in [0.15, 0.2) is 67.6 Å².